The molecule has 0 fully saturated rings. The Labute approximate surface area is 118 Å². The molecule has 1 aromatic heterocycles. The fraction of sp³-hybridized carbons (Fsp3) is 0.571. The van der Waals surface area contributed by atoms with Crippen LogP contribution in [0.25, 0.3) is 0 Å². The number of nitrogens with one attached hydrogen (secondary N) is 1. The van der Waals surface area contributed by atoms with Crippen molar-refractivity contribution in [3.8, 4) is 0 Å². The molecule has 1 heterocycles. The van der Waals surface area contributed by atoms with Crippen molar-refractivity contribution >= 4 is 23.2 Å². The van der Waals surface area contributed by atoms with Gasteiger partial charge in [0.25, 0.3) is 5.91 Å². The van der Waals surface area contributed by atoms with Gasteiger partial charge in [0.05, 0.1) is 11.5 Å². The van der Waals surface area contributed by atoms with Crippen LogP contribution in [-0.4, -0.2) is 24.5 Å². The number of hydrogen-bond acceptors (Lipinski definition) is 4. The lowest BCUT2D eigenvalue weighted by atomic mass is 10.0. The predicted octanol–water partition coefficient (Wildman–Crippen LogP) is 2.85. The van der Waals surface area contributed by atoms with E-state index in [1.165, 1.54) is 11.3 Å². The van der Waals surface area contributed by atoms with Gasteiger partial charge in [0.15, 0.2) is 0 Å². The van der Waals surface area contributed by atoms with Gasteiger partial charge in [-0.2, -0.15) is 0 Å². The number of esters is 1. The topological polar surface area (TPSA) is 55.4 Å². The maximum absolute atomic E-state index is 11.9. The summed E-state index contributed by atoms with van der Waals surface area (Å²) in [5.41, 5.74) is 0. The molecule has 0 spiro atoms. The molecule has 5 heteroatoms. The van der Waals surface area contributed by atoms with Crippen LogP contribution in [0, 0.1) is 5.92 Å². The minimum Gasteiger partial charge on any atom is -0.464 e. The summed E-state index contributed by atoms with van der Waals surface area (Å²) in [4.78, 5) is 24.5. The number of ether oxygens (including phenoxy) is 1. The van der Waals surface area contributed by atoms with E-state index in [-0.39, 0.29) is 17.8 Å². The number of carbonyl (C=O) groups is 2. The standard InChI is InChI=1S/C14H21NO3S/c1-4-5-8-18-14(17)12(10(2)3)15-13(16)11-7-6-9-19-11/h6-7,9-10,12H,4-5,8H2,1-3H3,(H,15,16)/t12-/m0/s1. The highest BCUT2D eigenvalue weighted by Gasteiger charge is 2.26. The number of rotatable bonds is 7. The summed E-state index contributed by atoms with van der Waals surface area (Å²) in [5.74, 6) is -0.576. The Morgan fingerprint density at radius 2 is 2.16 bits per heavy atom. The summed E-state index contributed by atoms with van der Waals surface area (Å²) in [6.07, 6.45) is 1.82. The van der Waals surface area contributed by atoms with Gasteiger partial charge in [-0.05, 0) is 23.8 Å². The van der Waals surface area contributed by atoms with Crippen LogP contribution in [0.4, 0.5) is 0 Å². The lowest BCUT2D eigenvalue weighted by Crippen LogP contribution is -2.45. The van der Waals surface area contributed by atoms with E-state index in [2.05, 4.69) is 5.32 Å². The fourth-order valence-corrected chi connectivity index (χ4v) is 2.15. The largest absolute Gasteiger partial charge is 0.464 e. The Hall–Kier alpha value is -1.36. The molecular formula is C14H21NO3S. The Morgan fingerprint density at radius 1 is 1.42 bits per heavy atom. The van der Waals surface area contributed by atoms with E-state index in [0.29, 0.717) is 11.5 Å². The van der Waals surface area contributed by atoms with Gasteiger partial charge in [-0.1, -0.05) is 33.3 Å². The summed E-state index contributed by atoms with van der Waals surface area (Å²) < 4.78 is 5.17. The van der Waals surface area contributed by atoms with E-state index in [0.717, 1.165) is 12.8 Å². The van der Waals surface area contributed by atoms with Gasteiger partial charge in [-0.15, -0.1) is 11.3 Å². The number of unbranched alkanes of at least 4 members (excludes halogenated alkanes) is 1. The van der Waals surface area contributed by atoms with E-state index in [1.54, 1.807) is 6.07 Å². The van der Waals surface area contributed by atoms with Gasteiger partial charge >= 0.3 is 5.97 Å². The van der Waals surface area contributed by atoms with E-state index in [9.17, 15) is 9.59 Å². The van der Waals surface area contributed by atoms with Gasteiger partial charge in [-0.3, -0.25) is 4.79 Å². The van der Waals surface area contributed by atoms with E-state index >= 15 is 0 Å². The average molecular weight is 283 g/mol. The van der Waals surface area contributed by atoms with Crippen LogP contribution in [0.15, 0.2) is 17.5 Å². The summed E-state index contributed by atoms with van der Waals surface area (Å²) >= 11 is 1.35. The Balaban J connectivity index is 2.57. The summed E-state index contributed by atoms with van der Waals surface area (Å²) in [5, 5.41) is 4.57. The molecular weight excluding hydrogens is 262 g/mol. The smallest absolute Gasteiger partial charge is 0.328 e. The zero-order chi connectivity index (χ0) is 14.3. The first kappa shape index (κ1) is 15.7. The molecule has 0 saturated carbocycles. The minimum absolute atomic E-state index is 0.00182. The Bertz CT molecular complexity index is 401. The molecule has 0 aliphatic carbocycles. The van der Waals surface area contributed by atoms with Gasteiger partial charge in [0.2, 0.25) is 0 Å². The van der Waals surface area contributed by atoms with Crippen LogP contribution in [0.5, 0.6) is 0 Å². The van der Waals surface area contributed by atoms with E-state index in [4.69, 9.17) is 4.74 Å². The highest BCUT2D eigenvalue weighted by Crippen LogP contribution is 2.11. The zero-order valence-corrected chi connectivity index (χ0v) is 12.5. The second-order valence-corrected chi connectivity index (χ2v) is 5.64. The number of thiophene rings is 1. The normalized spacial score (nSPS) is 12.2. The third-order valence-corrected chi connectivity index (χ3v) is 3.56. The molecule has 1 aromatic rings. The van der Waals surface area contributed by atoms with Crippen molar-refractivity contribution in [2.75, 3.05) is 6.61 Å². The maximum atomic E-state index is 11.9. The molecule has 0 bridgehead atoms. The molecule has 0 aliphatic heterocycles. The summed E-state index contributed by atoms with van der Waals surface area (Å²) in [6.45, 7) is 6.22. The number of amides is 1. The summed E-state index contributed by atoms with van der Waals surface area (Å²) in [7, 11) is 0. The lowest BCUT2D eigenvalue weighted by molar-refractivity contribution is -0.147. The molecule has 1 N–H and O–H groups in total. The highest BCUT2D eigenvalue weighted by molar-refractivity contribution is 7.12. The van der Waals surface area contributed by atoms with Gasteiger partial charge in [-0.25, -0.2) is 4.79 Å². The monoisotopic (exact) mass is 283 g/mol. The maximum Gasteiger partial charge on any atom is 0.328 e. The predicted molar refractivity (Wildman–Crippen MR) is 76.3 cm³/mol. The molecule has 1 atom stereocenters. The van der Waals surface area contributed by atoms with Crippen molar-refractivity contribution < 1.29 is 14.3 Å². The average Bonchev–Trinajstić information content (AvgIpc) is 2.89. The quantitative estimate of drug-likeness (QED) is 0.618. The van der Waals surface area contributed by atoms with Gasteiger partial charge in [0, 0.05) is 0 Å². The zero-order valence-electron chi connectivity index (χ0n) is 11.6. The minimum atomic E-state index is -0.591. The first-order valence-corrected chi connectivity index (χ1v) is 7.45. The second-order valence-electron chi connectivity index (χ2n) is 4.69. The van der Waals surface area contributed by atoms with Crippen molar-refractivity contribution in [1.82, 2.24) is 5.32 Å². The SMILES string of the molecule is CCCCOC(=O)[C@@H](NC(=O)c1cccs1)C(C)C. The molecule has 106 valence electrons. The summed E-state index contributed by atoms with van der Waals surface area (Å²) in [6, 6.07) is 2.95. The second kappa shape index (κ2) is 7.94. The molecule has 1 amide bonds. The van der Waals surface area contributed by atoms with Gasteiger partial charge in [0.1, 0.15) is 6.04 Å². The van der Waals surface area contributed by atoms with Crippen molar-refractivity contribution in [1.29, 1.82) is 0 Å². The van der Waals surface area contributed by atoms with Crippen molar-refractivity contribution in [2.24, 2.45) is 5.92 Å². The third-order valence-electron chi connectivity index (χ3n) is 2.69. The molecule has 0 saturated heterocycles. The van der Waals surface area contributed by atoms with Crippen LogP contribution < -0.4 is 5.32 Å². The van der Waals surface area contributed by atoms with E-state index < -0.39 is 6.04 Å². The third kappa shape index (κ3) is 5.03. The Morgan fingerprint density at radius 3 is 2.68 bits per heavy atom. The number of hydrogen-bond donors (Lipinski definition) is 1. The molecule has 0 aliphatic rings. The van der Waals surface area contributed by atoms with Crippen LogP contribution in [-0.2, 0) is 9.53 Å². The van der Waals surface area contributed by atoms with E-state index in [1.807, 2.05) is 32.2 Å². The molecule has 4 nitrogen and oxygen atoms in total. The molecule has 19 heavy (non-hydrogen) atoms. The van der Waals surface area contributed by atoms with Crippen molar-refractivity contribution in [3.63, 3.8) is 0 Å². The molecule has 0 unspecified atom stereocenters. The lowest BCUT2D eigenvalue weighted by Gasteiger charge is -2.20. The van der Waals surface area contributed by atoms with Gasteiger partial charge < -0.3 is 10.1 Å². The van der Waals surface area contributed by atoms with Crippen LogP contribution in [0.2, 0.25) is 0 Å². The Kier molecular flexibility index (Phi) is 6.56. The fourth-order valence-electron chi connectivity index (χ4n) is 1.52. The number of carbonyl (C=O) groups excluding carboxylic acids is 2. The van der Waals surface area contributed by atoms with Crippen LogP contribution >= 0.6 is 11.3 Å². The first-order chi connectivity index (χ1) is 9.06. The molecule has 1 rings (SSSR count). The molecule has 0 aromatic carbocycles. The first-order valence-electron chi connectivity index (χ1n) is 6.57. The van der Waals surface area contributed by atoms with Crippen molar-refractivity contribution in [2.45, 2.75) is 39.7 Å². The van der Waals surface area contributed by atoms with Crippen molar-refractivity contribution in [3.05, 3.63) is 22.4 Å². The van der Waals surface area contributed by atoms with Crippen LogP contribution in [0.1, 0.15) is 43.3 Å². The van der Waals surface area contributed by atoms with Crippen LogP contribution in [0.3, 0.4) is 0 Å². The molecule has 0 radical (unpaired) electrons. The highest BCUT2D eigenvalue weighted by atomic mass is 32.1.